The summed E-state index contributed by atoms with van der Waals surface area (Å²) in [5.41, 5.74) is -0.499. The second-order valence-electron chi connectivity index (χ2n) is 7.68. The van der Waals surface area contributed by atoms with E-state index in [1.165, 1.54) is 36.4 Å². The molecule has 3 aromatic carbocycles. The first-order valence-electron chi connectivity index (χ1n) is 10.2. The lowest BCUT2D eigenvalue weighted by molar-refractivity contribution is -0.137. The summed E-state index contributed by atoms with van der Waals surface area (Å²) >= 11 is 0. The average molecular weight is 494 g/mol. The summed E-state index contributed by atoms with van der Waals surface area (Å²) < 4.78 is 73.6. The molecule has 0 aromatic heterocycles. The van der Waals surface area contributed by atoms with E-state index in [4.69, 9.17) is 9.84 Å². The van der Waals surface area contributed by atoms with Gasteiger partial charge in [-0.3, -0.25) is 4.31 Å². The minimum absolute atomic E-state index is 0.0150. The molecule has 0 bridgehead atoms. The fraction of sp³-hybridized carbons (Fsp3) is 0.208. The molecule has 0 aliphatic rings. The molecule has 0 aliphatic carbocycles. The van der Waals surface area contributed by atoms with E-state index < -0.39 is 33.8 Å². The molecule has 3 rings (SSSR count). The first-order valence-corrected chi connectivity index (χ1v) is 11.6. The van der Waals surface area contributed by atoms with Gasteiger partial charge < -0.3 is 9.84 Å². The lowest BCUT2D eigenvalue weighted by atomic mass is 10.1. The third kappa shape index (κ3) is 5.51. The van der Waals surface area contributed by atoms with Crippen molar-refractivity contribution in [2.24, 2.45) is 0 Å². The van der Waals surface area contributed by atoms with Gasteiger partial charge in [0.25, 0.3) is 10.0 Å². The second kappa shape index (κ2) is 9.76. The number of halogens is 3. The largest absolute Gasteiger partial charge is 0.487 e. The van der Waals surface area contributed by atoms with Crippen LogP contribution in [0.1, 0.15) is 35.3 Å². The van der Waals surface area contributed by atoms with Gasteiger partial charge in [-0.2, -0.15) is 13.2 Å². The third-order valence-electron chi connectivity index (χ3n) is 4.89. The molecule has 6 nitrogen and oxygen atoms in total. The number of sulfonamides is 1. The number of nitrogens with zero attached hydrogens (tertiary/aromatic N) is 1. The van der Waals surface area contributed by atoms with Crippen molar-refractivity contribution in [3.63, 3.8) is 0 Å². The molecule has 0 fully saturated rings. The Balaban J connectivity index is 2.05. The van der Waals surface area contributed by atoms with Crippen molar-refractivity contribution in [1.82, 2.24) is 0 Å². The minimum Gasteiger partial charge on any atom is -0.487 e. The predicted molar refractivity (Wildman–Crippen MR) is 120 cm³/mol. The highest BCUT2D eigenvalue weighted by Crippen LogP contribution is 2.39. The van der Waals surface area contributed by atoms with E-state index in [-0.39, 0.29) is 28.5 Å². The van der Waals surface area contributed by atoms with Crippen LogP contribution in [-0.4, -0.2) is 25.5 Å². The molecule has 0 aliphatic heterocycles. The molecule has 0 radical (unpaired) electrons. The Hall–Kier alpha value is -3.53. The maximum atomic E-state index is 13.4. The second-order valence-corrected chi connectivity index (χ2v) is 9.49. The van der Waals surface area contributed by atoms with Crippen molar-refractivity contribution in [1.29, 1.82) is 0 Å². The van der Waals surface area contributed by atoms with E-state index in [1.54, 1.807) is 32.0 Å². The van der Waals surface area contributed by atoms with Crippen molar-refractivity contribution < 1.29 is 36.2 Å². The van der Waals surface area contributed by atoms with Crippen LogP contribution in [0.3, 0.4) is 0 Å². The number of rotatable bonds is 8. The number of benzene rings is 3. The maximum Gasteiger partial charge on any atom is 0.416 e. The van der Waals surface area contributed by atoms with Gasteiger partial charge in [-0.05, 0) is 61.9 Å². The van der Waals surface area contributed by atoms with E-state index in [2.05, 4.69) is 0 Å². The van der Waals surface area contributed by atoms with Crippen LogP contribution in [0.4, 0.5) is 18.9 Å². The molecule has 0 spiro atoms. The molecule has 3 aromatic rings. The Labute approximate surface area is 195 Å². The van der Waals surface area contributed by atoms with E-state index >= 15 is 0 Å². The summed E-state index contributed by atoms with van der Waals surface area (Å²) in [5, 5.41) is 9.01. The average Bonchev–Trinajstić information content (AvgIpc) is 2.78. The summed E-state index contributed by atoms with van der Waals surface area (Å²) in [6, 6.07) is 15.2. The van der Waals surface area contributed by atoms with Gasteiger partial charge in [0.1, 0.15) is 12.4 Å². The normalized spacial score (nSPS) is 11.9. The fourth-order valence-electron chi connectivity index (χ4n) is 3.28. The number of anilines is 1. The van der Waals surface area contributed by atoms with Gasteiger partial charge in [-0.1, -0.05) is 30.3 Å². The molecule has 10 heteroatoms. The summed E-state index contributed by atoms with van der Waals surface area (Å²) in [6.45, 7) is 3.00. The van der Waals surface area contributed by atoms with Crippen LogP contribution >= 0.6 is 0 Å². The maximum absolute atomic E-state index is 13.4. The van der Waals surface area contributed by atoms with E-state index in [1.807, 2.05) is 0 Å². The number of hydrogen-bond donors (Lipinski definition) is 1. The number of hydrogen-bond acceptors (Lipinski definition) is 4. The Morgan fingerprint density at radius 2 is 1.62 bits per heavy atom. The molecular formula is C24H22F3NO5S. The van der Waals surface area contributed by atoms with Crippen molar-refractivity contribution in [3.8, 4) is 5.75 Å². The molecule has 180 valence electrons. The van der Waals surface area contributed by atoms with Crippen molar-refractivity contribution >= 4 is 21.7 Å². The van der Waals surface area contributed by atoms with E-state index in [9.17, 15) is 26.4 Å². The van der Waals surface area contributed by atoms with E-state index in [0.717, 1.165) is 22.5 Å². The van der Waals surface area contributed by atoms with Gasteiger partial charge in [0.2, 0.25) is 0 Å². The first-order chi connectivity index (χ1) is 15.9. The number of carbonyl (C=O) groups is 1. The van der Waals surface area contributed by atoms with Crippen LogP contribution < -0.4 is 9.04 Å². The van der Waals surface area contributed by atoms with Gasteiger partial charge in [0.05, 0.1) is 21.7 Å². The van der Waals surface area contributed by atoms with Crippen LogP contribution in [0, 0.1) is 0 Å². The van der Waals surface area contributed by atoms with Crippen LogP contribution in [0.25, 0.3) is 0 Å². The molecule has 0 saturated carbocycles. The van der Waals surface area contributed by atoms with Gasteiger partial charge in [-0.25, -0.2) is 13.2 Å². The van der Waals surface area contributed by atoms with Gasteiger partial charge in [0, 0.05) is 6.04 Å². The summed E-state index contributed by atoms with van der Waals surface area (Å²) in [7, 11) is -4.12. The predicted octanol–water partition coefficient (Wildman–Crippen LogP) is 5.59. The van der Waals surface area contributed by atoms with Crippen molar-refractivity contribution in [2.75, 3.05) is 4.31 Å². The molecule has 0 atom stereocenters. The number of carboxylic acid groups (broad SMARTS) is 1. The molecule has 34 heavy (non-hydrogen) atoms. The smallest absolute Gasteiger partial charge is 0.416 e. The molecular weight excluding hydrogens is 471 g/mol. The van der Waals surface area contributed by atoms with Crippen LogP contribution in [0.5, 0.6) is 5.75 Å². The molecule has 0 unspecified atom stereocenters. The number of aromatic carboxylic acids is 1. The standard InChI is InChI=1S/C24H22F3NO5S/c1-16(2)28(34(31,32)20-6-4-3-5-7-20)21-13-12-19(24(25,26)27)14-22(21)33-15-17-8-10-18(11-9-17)23(29)30/h3-14,16H,15H2,1-2H3,(H,29,30). The highest BCUT2D eigenvalue weighted by molar-refractivity contribution is 7.92. The zero-order chi connectivity index (χ0) is 25.1. The Bertz CT molecular complexity index is 1260. The monoisotopic (exact) mass is 493 g/mol. The first kappa shape index (κ1) is 25.1. The summed E-state index contributed by atoms with van der Waals surface area (Å²) in [6.07, 6.45) is -4.67. The van der Waals surface area contributed by atoms with Crippen LogP contribution in [0.2, 0.25) is 0 Å². The molecule has 0 saturated heterocycles. The fourth-order valence-corrected chi connectivity index (χ4v) is 4.98. The number of ether oxygens (including phenoxy) is 1. The molecule has 0 amide bonds. The van der Waals surface area contributed by atoms with Crippen LogP contribution in [0.15, 0.2) is 77.7 Å². The number of alkyl halides is 3. The minimum atomic E-state index is -4.67. The zero-order valence-corrected chi connectivity index (χ0v) is 19.1. The summed E-state index contributed by atoms with van der Waals surface area (Å²) in [4.78, 5) is 11.0. The van der Waals surface area contributed by atoms with Crippen LogP contribution in [-0.2, 0) is 22.8 Å². The molecule has 1 N–H and O–H groups in total. The van der Waals surface area contributed by atoms with Gasteiger partial charge >= 0.3 is 12.1 Å². The van der Waals surface area contributed by atoms with E-state index in [0.29, 0.717) is 5.56 Å². The Morgan fingerprint density at radius 1 is 1.00 bits per heavy atom. The lowest BCUT2D eigenvalue weighted by Gasteiger charge is -2.30. The van der Waals surface area contributed by atoms with Crippen molar-refractivity contribution in [2.45, 2.75) is 37.6 Å². The highest BCUT2D eigenvalue weighted by atomic mass is 32.2. The quantitative estimate of drug-likeness (QED) is 0.443. The molecule has 0 heterocycles. The zero-order valence-electron chi connectivity index (χ0n) is 18.3. The Morgan fingerprint density at radius 3 is 2.15 bits per heavy atom. The Kier molecular flexibility index (Phi) is 7.21. The lowest BCUT2D eigenvalue weighted by Crippen LogP contribution is -2.37. The van der Waals surface area contributed by atoms with Crippen molar-refractivity contribution in [3.05, 3.63) is 89.5 Å². The third-order valence-corrected chi connectivity index (χ3v) is 6.89. The summed E-state index contributed by atoms with van der Waals surface area (Å²) in [5.74, 6) is -1.39. The number of carboxylic acids is 1. The topological polar surface area (TPSA) is 83.9 Å². The SMILES string of the molecule is CC(C)N(c1ccc(C(F)(F)F)cc1OCc1ccc(C(=O)O)cc1)S(=O)(=O)c1ccccc1. The van der Waals surface area contributed by atoms with Gasteiger partial charge in [0.15, 0.2) is 0 Å². The highest BCUT2D eigenvalue weighted by Gasteiger charge is 2.34. The van der Waals surface area contributed by atoms with Gasteiger partial charge in [-0.15, -0.1) is 0 Å².